The fourth-order valence-corrected chi connectivity index (χ4v) is 2.66. The van der Waals surface area contributed by atoms with Crippen LogP contribution in [-0.4, -0.2) is 37.5 Å². The van der Waals surface area contributed by atoms with Gasteiger partial charge in [0.2, 0.25) is 5.91 Å². The van der Waals surface area contributed by atoms with Gasteiger partial charge in [0.1, 0.15) is 5.75 Å². The van der Waals surface area contributed by atoms with Gasteiger partial charge >= 0.3 is 6.03 Å². The monoisotopic (exact) mass is 355 g/mol. The van der Waals surface area contributed by atoms with E-state index in [0.717, 1.165) is 22.4 Å². The van der Waals surface area contributed by atoms with E-state index in [1.54, 1.807) is 7.11 Å². The number of ether oxygens (including phenoxy) is 1. The van der Waals surface area contributed by atoms with Crippen LogP contribution in [0.4, 0.5) is 10.5 Å². The van der Waals surface area contributed by atoms with Crippen molar-refractivity contribution in [2.24, 2.45) is 0 Å². The van der Waals surface area contributed by atoms with Crippen LogP contribution in [0.1, 0.15) is 16.7 Å². The quantitative estimate of drug-likeness (QED) is 0.835. The second kappa shape index (κ2) is 9.01. The molecule has 0 aliphatic rings. The molecule has 2 rings (SSSR count). The number of nitrogens with zero attached hydrogens (tertiary/aromatic N) is 1. The van der Waals surface area contributed by atoms with E-state index in [-0.39, 0.29) is 12.5 Å². The van der Waals surface area contributed by atoms with E-state index >= 15 is 0 Å². The average Bonchev–Trinajstić information content (AvgIpc) is 2.57. The zero-order valence-electron chi connectivity index (χ0n) is 15.6. The lowest BCUT2D eigenvalue weighted by atomic mass is 10.1. The van der Waals surface area contributed by atoms with Crippen molar-refractivity contribution >= 4 is 17.6 Å². The highest BCUT2D eigenvalue weighted by Crippen LogP contribution is 2.16. The summed E-state index contributed by atoms with van der Waals surface area (Å²) in [5.74, 6) is 0.408. The Morgan fingerprint density at radius 3 is 2.58 bits per heavy atom. The van der Waals surface area contributed by atoms with Crippen LogP contribution in [0.15, 0.2) is 42.5 Å². The van der Waals surface area contributed by atoms with Crippen molar-refractivity contribution in [2.75, 3.05) is 26.0 Å². The van der Waals surface area contributed by atoms with Crippen LogP contribution < -0.4 is 15.4 Å². The van der Waals surface area contributed by atoms with Gasteiger partial charge in [-0.15, -0.1) is 0 Å². The minimum Gasteiger partial charge on any atom is -0.497 e. The Morgan fingerprint density at radius 2 is 1.88 bits per heavy atom. The van der Waals surface area contributed by atoms with E-state index in [1.807, 2.05) is 68.3 Å². The molecule has 0 saturated heterocycles. The molecule has 6 nitrogen and oxygen atoms in total. The van der Waals surface area contributed by atoms with Crippen LogP contribution >= 0.6 is 0 Å². The molecule has 0 aliphatic heterocycles. The Hall–Kier alpha value is -2.86. The molecular weight excluding hydrogens is 330 g/mol. The van der Waals surface area contributed by atoms with Crippen molar-refractivity contribution < 1.29 is 14.3 Å². The molecule has 2 aromatic carbocycles. The smallest absolute Gasteiger partial charge is 0.325 e. The zero-order chi connectivity index (χ0) is 19.1. The molecule has 0 aromatic heterocycles. The molecule has 0 atom stereocenters. The van der Waals surface area contributed by atoms with Crippen LogP contribution in [0.2, 0.25) is 0 Å². The third-order valence-corrected chi connectivity index (χ3v) is 3.88. The van der Waals surface area contributed by atoms with Gasteiger partial charge in [-0.2, -0.15) is 0 Å². The minimum atomic E-state index is -0.531. The molecule has 0 radical (unpaired) electrons. The fourth-order valence-electron chi connectivity index (χ4n) is 2.66. The van der Waals surface area contributed by atoms with Crippen molar-refractivity contribution in [3.8, 4) is 5.75 Å². The number of likely N-dealkylation sites (N-methyl/N-ethyl adjacent to an activating group) is 1. The Bertz CT molecular complexity index is 790. The summed E-state index contributed by atoms with van der Waals surface area (Å²) in [6.45, 7) is 4.58. The standard InChI is InChI=1S/C20H25N3O3/c1-14-8-9-18(15(2)10-14)21-20(25)22-19(24)13-23(3)12-16-6-5-7-17(11-16)26-4/h5-11H,12-13H2,1-4H3,(H2,21,22,24,25). The van der Waals surface area contributed by atoms with Gasteiger partial charge in [-0.1, -0.05) is 29.8 Å². The summed E-state index contributed by atoms with van der Waals surface area (Å²) in [4.78, 5) is 25.9. The molecule has 0 bridgehead atoms. The summed E-state index contributed by atoms with van der Waals surface area (Å²) in [5, 5.41) is 5.05. The molecule has 0 aliphatic carbocycles. The van der Waals surface area contributed by atoms with Gasteiger partial charge in [0.15, 0.2) is 0 Å². The summed E-state index contributed by atoms with van der Waals surface area (Å²) in [6.07, 6.45) is 0. The highest BCUT2D eigenvalue weighted by Gasteiger charge is 2.12. The zero-order valence-corrected chi connectivity index (χ0v) is 15.6. The van der Waals surface area contributed by atoms with E-state index in [2.05, 4.69) is 10.6 Å². The van der Waals surface area contributed by atoms with Gasteiger partial charge in [-0.25, -0.2) is 4.79 Å². The molecule has 3 amide bonds. The van der Waals surface area contributed by atoms with Gasteiger partial charge in [0.25, 0.3) is 0 Å². The second-order valence-corrected chi connectivity index (χ2v) is 6.34. The maximum absolute atomic E-state index is 12.1. The summed E-state index contributed by atoms with van der Waals surface area (Å²) < 4.78 is 5.19. The van der Waals surface area contributed by atoms with Gasteiger partial charge in [0.05, 0.1) is 13.7 Å². The van der Waals surface area contributed by atoms with E-state index in [9.17, 15) is 9.59 Å². The predicted molar refractivity (Wildman–Crippen MR) is 102 cm³/mol. The summed E-state index contributed by atoms with van der Waals surface area (Å²) in [5.41, 5.74) is 3.77. The van der Waals surface area contributed by atoms with Gasteiger partial charge in [-0.3, -0.25) is 15.0 Å². The number of methoxy groups -OCH3 is 1. The topological polar surface area (TPSA) is 70.7 Å². The first kappa shape index (κ1) is 19.5. The van der Waals surface area contributed by atoms with Crippen molar-refractivity contribution in [2.45, 2.75) is 20.4 Å². The predicted octanol–water partition coefficient (Wildman–Crippen LogP) is 3.09. The maximum Gasteiger partial charge on any atom is 0.325 e. The first-order chi connectivity index (χ1) is 12.4. The number of benzene rings is 2. The van der Waals surface area contributed by atoms with Gasteiger partial charge in [-0.05, 0) is 50.2 Å². The van der Waals surface area contributed by atoms with E-state index in [1.165, 1.54) is 0 Å². The molecule has 2 N–H and O–H groups in total. The fraction of sp³-hybridized carbons (Fsp3) is 0.300. The average molecular weight is 355 g/mol. The SMILES string of the molecule is COc1cccc(CN(C)CC(=O)NC(=O)Nc2ccc(C)cc2C)c1. The lowest BCUT2D eigenvalue weighted by molar-refractivity contribution is -0.120. The number of hydrogen-bond donors (Lipinski definition) is 2. The van der Waals surface area contributed by atoms with Crippen LogP contribution in [0.25, 0.3) is 0 Å². The number of urea groups is 1. The van der Waals surface area contributed by atoms with Crippen LogP contribution in [0.3, 0.4) is 0 Å². The number of rotatable bonds is 6. The Kier molecular flexibility index (Phi) is 6.74. The van der Waals surface area contributed by atoms with Crippen molar-refractivity contribution in [1.82, 2.24) is 10.2 Å². The number of carbonyl (C=O) groups excluding carboxylic acids is 2. The Morgan fingerprint density at radius 1 is 1.12 bits per heavy atom. The van der Waals surface area contributed by atoms with Crippen LogP contribution in [0, 0.1) is 13.8 Å². The molecule has 0 unspecified atom stereocenters. The Balaban J connectivity index is 1.84. The maximum atomic E-state index is 12.1. The normalized spacial score (nSPS) is 10.5. The van der Waals surface area contributed by atoms with Crippen molar-refractivity contribution in [3.63, 3.8) is 0 Å². The first-order valence-electron chi connectivity index (χ1n) is 8.37. The molecule has 0 spiro atoms. The summed E-state index contributed by atoms with van der Waals surface area (Å²) >= 11 is 0. The third kappa shape index (κ3) is 5.89. The number of imide groups is 1. The van der Waals surface area contributed by atoms with Gasteiger partial charge in [0, 0.05) is 12.2 Å². The molecule has 6 heteroatoms. The molecule has 26 heavy (non-hydrogen) atoms. The highest BCUT2D eigenvalue weighted by molar-refractivity contribution is 6.02. The second-order valence-electron chi connectivity index (χ2n) is 6.34. The molecule has 2 aromatic rings. The number of hydrogen-bond acceptors (Lipinski definition) is 4. The summed E-state index contributed by atoms with van der Waals surface area (Å²) in [6, 6.07) is 12.8. The number of nitrogens with one attached hydrogen (secondary N) is 2. The lowest BCUT2D eigenvalue weighted by Gasteiger charge is -2.17. The molecular formula is C20H25N3O3. The van der Waals surface area contributed by atoms with Crippen molar-refractivity contribution in [1.29, 1.82) is 0 Å². The number of carbonyl (C=O) groups is 2. The number of aryl methyl sites for hydroxylation is 2. The van der Waals surface area contributed by atoms with E-state index in [4.69, 9.17) is 4.74 Å². The minimum absolute atomic E-state index is 0.109. The van der Waals surface area contributed by atoms with Crippen molar-refractivity contribution in [3.05, 3.63) is 59.2 Å². The molecule has 0 fully saturated rings. The van der Waals surface area contributed by atoms with Crippen LogP contribution in [0.5, 0.6) is 5.75 Å². The van der Waals surface area contributed by atoms with Gasteiger partial charge < -0.3 is 10.1 Å². The van der Waals surface area contributed by atoms with E-state index in [0.29, 0.717) is 12.2 Å². The van der Waals surface area contributed by atoms with Crippen LogP contribution in [-0.2, 0) is 11.3 Å². The third-order valence-electron chi connectivity index (χ3n) is 3.88. The Labute approximate surface area is 154 Å². The highest BCUT2D eigenvalue weighted by atomic mass is 16.5. The molecule has 138 valence electrons. The number of amides is 3. The number of anilines is 1. The van der Waals surface area contributed by atoms with E-state index < -0.39 is 6.03 Å². The molecule has 0 saturated carbocycles. The largest absolute Gasteiger partial charge is 0.497 e. The first-order valence-corrected chi connectivity index (χ1v) is 8.37. The summed E-state index contributed by atoms with van der Waals surface area (Å²) in [7, 11) is 3.44. The molecule has 0 heterocycles. The lowest BCUT2D eigenvalue weighted by Crippen LogP contribution is -2.40.